The summed E-state index contributed by atoms with van der Waals surface area (Å²) in [6.07, 6.45) is 4.51. The monoisotopic (exact) mass is 185 g/mol. The van der Waals surface area contributed by atoms with Crippen molar-refractivity contribution in [3.8, 4) is 0 Å². The minimum atomic E-state index is 0.301. The summed E-state index contributed by atoms with van der Waals surface area (Å²) >= 11 is 0. The lowest BCUT2D eigenvalue weighted by atomic mass is 10.1. The molecule has 0 aromatic rings. The zero-order valence-corrected chi connectivity index (χ0v) is 8.29. The smallest absolute Gasteiger partial charge is 0.0859 e. The minimum Gasteiger partial charge on any atom is -0.376 e. The van der Waals surface area contributed by atoms with Crippen molar-refractivity contribution >= 4 is 0 Å². The van der Waals surface area contributed by atoms with Crippen LogP contribution in [0.15, 0.2) is 0 Å². The molecule has 2 fully saturated rings. The Morgan fingerprint density at radius 2 is 2.00 bits per heavy atom. The van der Waals surface area contributed by atoms with Crippen LogP contribution >= 0.6 is 0 Å². The van der Waals surface area contributed by atoms with Crippen molar-refractivity contribution in [1.82, 2.24) is 5.32 Å². The highest BCUT2D eigenvalue weighted by atomic mass is 16.6. The molecule has 1 N–H and O–H groups in total. The van der Waals surface area contributed by atoms with E-state index in [0.717, 1.165) is 39.0 Å². The average molecular weight is 185 g/mol. The fourth-order valence-corrected chi connectivity index (χ4v) is 2.07. The van der Waals surface area contributed by atoms with E-state index in [1.807, 2.05) is 0 Å². The Labute approximate surface area is 79.8 Å². The van der Waals surface area contributed by atoms with Gasteiger partial charge in [0, 0.05) is 6.61 Å². The zero-order chi connectivity index (χ0) is 9.10. The van der Waals surface area contributed by atoms with Crippen LogP contribution in [0, 0.1) is 0 Å². The van der Waals surface area contributed by atoms with Crippen LogP contribution in [-0.4, -0.2) is 38.0 Å². The molecule has 0 aliphatic carbocycles. The third-order valence-corrected chi connectivity index (χ3v) is 2.96. The Kier molecular flexibility index (Phi) is 3.19. The van der Waals surface area contributed by atoms with Crippen molar-refractivity contribution in [1.29, 1.82) is 0 Å². The quantitative estimate of drug-likeness (QED) is 0.694. The highest BCUT2D eigenvalue weighted by Gasteiger charge is 2.28. The van der Waals surface area contributed by atoms with E-state index >= 15 is 0 Å². The molecular formula is C10H19NO2. The predicted molar refractivity (Wildman–Crippen MR) is 50.8 cm³/mol. The maximum Gasteiger partial charge on any atom is 0.0859 e. The summed E-state index contributed by atoms with van der Waals surface area (Å²) in [5.74, 6) is 0. The van der Waals surface area contributed by atoms with E-state index in [4.69, 9.17) is 9.47 Å². The molecular weight excluding hydrogens is 166 g/mol. The zero-order valence-electron chi connectivity index (χ0n) is 8.29. The van der Waals surface area contributed by atoms with Gasteiger partial charge in [0.25, 0.3) is 0 Å². The summed E-state index contributed by atoms with van der Waals surface area (Å²) in [5, 5.41) is 3.34. The third kappa shape index (κ3) is 2.42. The molecule has 2 aliphatic heterocycles. The van der Waals surface area contributed by atoms with Crippen molar-refractivity contribution in [2.45, 2.75) is 44.5 Å². The lowest BCUT2D eigenvalue weighted by molar-refractivity contribution is -0.0549. The van der Waals surface area contributed by atoms with Gasteiger partial charge in [-0.1, -0.05) is 0 Å². The molecule has 2 atom stereocenters. The molecule has 3 nitrogen and oxygen atoms in total. The van der Waals surface area contributed by atoms with Gasteiger partial charge in [0.1, 0.15) is 0 Å². The predicted octanol–water partition coefficient (Wildman–Crippen LogP) is 0.932. The molecule has 76 valence electrons. The molecule has 2 saturated heterocycles. The topological polar surface area (TPSA) is 30.5 Å². The first-order valence-electron chi connectivity index (χ1n) is 5.34. The van der Waals surface area contributed by atoms with Gasteiger partial charge in [-0.25, -0.2) is 0 Å². The van der Waals surface area contributed by atoms with Gasteiger partial charge in [0.2, 0.25) is 0 Å². The lowest BCUT2D eigenvalue weighted by Crippen LogP contribution is -2.36. The van der Waals surface area contributed by atoms with Crippen LogP contribution in [0.1, 0.15) is 26.2 Å². The Hall–Kier alpha value is -0.120. The van der Waals surface area contributed by atoms with E-state index in [-0.39, 0.29) is 0 Å². The molecule has 0 saturated carbocycles. The molecule has 2 unspecified atom stereocenters. The molecule has 0 spiro atoms. The van der Waals surface area contributed by atoms with Crippen LogP contribution in [0.5, 0.6) is 0 Å². The number of hydrogen-bond donors (Lipinski definition) is 1. The van der Waals surface area contributed by atoms with E-state index in [9.17, 15) is 0 Å². The number of ether oxygens (including phenoxy) is 2. The molecule has 0 bridgehead atoms. The van der Waals surface area contributed by atoms with E-state index in [1.165, 1.54) is 0 Å². The van der Waals surface area contributed by atoms with Crippen molar-refractivity contribution in [3.05, 3.63) is 0 Å². The molecule has 0 radical (unpaired) electrons. The van der Waals surface area contributed by atoms with Crippen LogP contribution in [0.2, 0.25) is 0 Å². The Balaban J connectivity index is 1.75. The summed E-state index contributed by atoms with van der Waals surface area (Å²) in [6.45, 7) is 5.19. The van der Waals surface area contributed by atoms with Crippen LogP contribution in [-0.2, 0) is 9.47 Å². The van der Waals surface area contributed by atoms with Gasteiger partial charge < -0.3 is 14.8 Å². The van der Waals surface area contributed by atoms with Crippen molar-refractivity contribution in [2.24, 2.45) is 0 Å². The molecule has 2 heterocycles. The summed E-state index contributed by atoms with van der Waals surface area (Å²) in [5.41, 5.74) is 0. The van der Waals surface area contributed by atoms with E-state index in [2.05, 4.69) is 12.2 Å². The van der Waals surface area contributed by atoms with Gasteiger partial charge in [-0.2, -0.15) is 0 Å². The summed E-state index contributed by atoms with van der Waals surface area (Å²) in [6, 6.07) is 0. The number of nitrogens with one attached hydrogen (secondary N) is 1. The van der Waals surface area contributed by atoms with Gasteiger partial charge in [-0.3, -0.25) is 0 Å². The summed E-state index contributed by atoms with van der Waals surface area (Å²) in [4.78, 5) is 0. The van der Waals surface area contributed by atoms with Crippen LogP contribution in [0.3, 0.4) is 0 Å². The normalized spacial score (nSPS) is 36.7. The van der Waals surface area contributed by atoms with Gasteiger partial charge >= 0.3 is 0 Å². The molecule has 0 amide bonds. The van der Waals surface area contributed by atoms with E-state index in [0.29, 0.717) is 18.3 Å². The van der Waals surface area contributed by atoms with Gasteiger partial charge in [-0.05, 0) is 39.3 Å². The Morgan fingerprint density at radius 3 is 2.62 bits per heavy atom. The van der Waals surface area contributed by atoms with Gasteiger partial charge in [-0.15, -0.1) is 0 Å². The standard InChI is InChI=1S/C10H19NO2/c1-8-10(4-7-12-8)13-9-2-5-11-6-3-9/h8-11H,2-7H2,1H3. The molecule has 0 aromatic heterocycles. The first-order valence-corrected chi connectivity index (χ1v) is 5.34. The van der Waals surface area contributed by atoms with Crippen molar-refractivity contribution in [3.63, 3.8) is 0 Å². The fraction of sp³-hybridized carbons (Fsp3) is 1.00. The fourth-order valence-electron chi connectivity index (χ4n) is 2.07. The molecule has 13 heavy (non-hydrogen) atoms. The van der Waals surface area contributed by atoms with Gasteiger partial charge in [0.15, 0.2) is 0 Å². The Morgan fingerprint density at radius 1 is 1.23 bits per heavy atom. The largest absolute Gasteiger partial charge is 0.376 e. The van der Waals surface area contributed by atoms with E-state index < -0.39 is 0 Å². The maximum atomic E-state index is 6.00. The number of rotatable bonds is 2. The second-order valence-corrected chi connectivity index (χ2v) is 3.99. The highest BCUT2D eigenvalue weighted by molar-refractivity contribution is 4.77. The first-order chi connectivity index (χ1) is 6.36. The van der Waals surface area contributed by atoms with E-state index in [1.54, 1.807) is 0 Å². The first kappa shape index (κ1) is 9.44. The van der Waals surface area contributed by atoms with Crippen LogP contribution in [0.4, 0.5) is 0 Å². The van der Waals surface area contributed by atoms with Crippen LogP contribution in [0.25, 0.3) is 0 Å². The number of piperidine rings is 1. The summed E-state index contributed by atoms with van der Waals surface area (Å²) in [7, 11) is 0. The molecule has 0 aromatic carbocycles. The van der Waals surface area contributed by atoms with Crippen LogP contribution < -0.4 is 5.32 Å². The SMILES string of the molecule is CC1OCCC1OC1CCNCC1. The molecule has 3 heteroatoms. The summed E-state index contributed by atoms with van der Waals surface area (Å²) < 4.78 is 11.5. The second-order valence-electron chi connectivity index (χ2n) is 3.99. The van der Waals surface area contributed by atoms with Crippen molar-refractivity contribution in [2.75, 3.05) is 19.7 Å². The minimum absolute atomic E-state index is 0.301. The third-order valence-electron chi connectivity index (χ3n) is 2.96. The van der Waals surface area contributed by atoms with Gasteiger partial charge in [0.05, 0.1) is 18.3 Å². The molecule has 2 aliphatic rings. The number of hydrogen-bond acceptors (Lipinski definition) is 3. The Bertz CT molecular complexity index is 157. The average Bonchev–Trinajstić information content (AvgIpc) is 2.54. The van der Waals surface area contributed by atoms with Crippen molar-refractivity contribution < 1.29 is 9.47 Å². The second kappa shape index (κ2) is 4.40. The lowest BCUT2D eigenvalue weighted by Gasteiger charge is -2.27. The highest BCUT2D eigenvalue weighted by Crippen LogP contribution is 2.20. The maximum absolute atomic E-state index is 6.00. The molecule has 2 rings (SSSR count).